The van der Waals surface area contributed by atoms with Crippen LogP contribution in [0.4, 0.5) is 0 Å². The molecule has 0 fully saturated rings. The van der Waals surface area contributed by atoms with Crippen LogP contribution >= 0.6 is 0 Å². The van der Waals surface area contributed by atoms with Gasteiger partial charge in [0.2, 0.25) is 0 Å². The molecule has 2 N–H and O–H groups in total. The highest BCUT2D eigenvalue weighted by Gasteiger charge is 2.38. The number of fused-ring (bicyclic) bond motifs is 1. The van der Waals surface area contributed by atoms with Gasteiger partial charge < -0.3 is 10.2 Å². The fourth-order valence-corrected chi connectivity index (χ4v) is 3.06. The first-order chi connectivity index (χ1) is 8.46. The third-order valence-corrected chi connectivity index (χ3v) is 4.55. The first-order valence-electron chi connectivity index (χ1n) is 6.84. The molecule has 2 rings (SSSR count). The van der Waals surface area contributed by atoms with Crippen molar-refractivity contribution in [1.82, 2.24) is 0 Å². The van der Waals surface area contributed by atoms with Crippen LogP contribution in [0, 0.1) is 11.3 Å². The highest BCUT2D eigenvalue weighted by molar-refractivity contribution is 5.43. The van der Waals surface area contributed by atoms with E-state index in [1.807, 2.05) is 6.08 Å². The average Bonchev–Trinajstić information content (AvgIpc) is 2.34. The monoisotopic (exact) mass is 248 g/mol. The van der Waals surface area contributed by atoms with Gasteiger partial charge in [0.1, 0.15) is 0 Å². The predicted molar refractivity (Wildman–Crippen MR) is 74.1 cm³/mol. The Labute approximate surface area is 110 Å². The molecule has 2 nitrogen and oxygen atoms in total. The molecular formula is C16H24O2. The normalized spacial score (nSPS) is 31.5. The van der Waals surface area contributed by atoms with Crippen LogP contribution in [-0.4, -0.2) is 22.9 Å². The Balaban J connectivity index is 2.34. The van der Waals surface area contributed by atoms with Crippen LogP contribution in [0.5, 0.6) is 0 Å². The van der Waals surface area contributed by atoms with Gasteiger partial charge in [-0.1, -0.05) is 37.6 Å². The Hall–Kier alpha value is -0.860. The highest BCUT2D eigenvalue weighted by atomic mass is 16.3. The van der Waals surface area contributed by atoms with Crippen LogP contribution in [0.15, 0.2) is 34.9 Å². The van der Waals surface area contributed by atoms with Gasteiger partial charge in [0.05, 0.1) is 12.7 Å². The maximum atomic E-state index is 10.2. The average molecular weight is 248 g/mol. The number of allylic oxidation sites excluding steroid dienone is 3. The van der Waals surface area contributed by atoms with Crippen molar-refractivity contribution >= 4 is 0 Å². The zero-order chi connectivity index (χ0) is 13.3. The van der Waals surface area contributed by atoms with Crippen molar-refractivity contribution < 1.29 is 10.2 Å². The summed E-state index contributed by atoms with van der Waals surface area (Å²) in [6, 6.07) is 0. The molecule has 0 saturated carbocycles. The van der Waals surface area contributed by atoms with Crippen molar-refractivity contribution in [2.75, 3.05) is 6.61 Å². The molecule has 0 bridgehead atoms. The molecular weight excluding hydrogens is 224 g/mol. The second-order valence-corrected chi connectivity index (χ2v) is 6.06. The predicted octanol–water partition coefficient (Wildman–Crippen LogP) is 2.98. The first kappa shape index (κ1) is 13.6. The number of hydrogen-bond donors (Lipinski definition) is 2. The Morgan fingerprint density at radius 3 is 2.89 bits per heavy atom. The second kappa shape index (κ2) is 5.02. The fraction of sp³-hybridized carbons (Fsp3) is 0.625. The molecule has 0 aliphatic heterocycles. The molecule has 100 valence electrons. The number of hydrogen-bond acceptors (Lipinski definition) is 2. The summed E-state index contributed by atoms with van der Waals surface area (Å²) < 4.78 is 0. The Bertz CT molecular complexity index is 413. The third kappa shape index (κ3) is 2.32. The molecule has 0 aromatic heterocycles. The molecule has 2 aliphatic carbocycles. The molecule has 0 spiro atoms. The summed E-state index contributed by atoms with van der Waals surface area (Å²) in [5, 5.41) is 19.2. The van der Waals surface area contributed by atoms with Crippen LogP contribution in [0.1, 0.15) is 40.0 Å². The van der Waals surface area contributed by atoms with Crippen LogP contribution in [0.3, 0.4) is 0 Å². The van der Waals surface area contributed by atoms with Gasteiger partial charge in [-0.05, 0) is 43.3 Å². The minimum atomic E-state index is -0.284. The van der Waals surface area contributed by atoms with E-state index in [0.29, 0.717) is 5.92 Å². The van der Waals surface area contributed by atoms with E-state index in [4.69, 9.17) is 5.11 Å². The smallest absolute Gasteiger partial charge is 0.0666 e. The van der Waals surface area contributed by atoms with E-state index in [-0.39, 0.29) is 18.1 Å². The van der Waals surface area contributed by atoms with Crippen molar-refractivity contribution in [3.8, 4) is 0 Å². The topological polar surface area (TPSA) is 40.5 Å². The minimum Gasteiger partial charge on any atom is -0.392 e. The summed E-state index contributed by atoms with van der Waals surface area (Å²) in [7, 11) is 0. The number of rotatable bonds is 2. The summed E-state index contributed by atoms with van der Waals surface area (Å²) >= 11 is 0. The standard InChI is InChI=1S/C16H24O2/c1-11(8-9-17)13-5-4-12-6-7-15(18)16(2,3)14(12)10-13/h6,8,10,13,15,17-18H,4-5,7,9H2,1-3H3. The Morgan fingerprint density at radius 2 is 2.22 bits per heavy atom. The molecule has 2 heteroatoms. The second-order valence-electron chi connectivity index (χ2n) is 6.06. The number of aliphatic hydroxyl groups is 2. The lowest BCUT2D eigenvalue weighted by Gasteiger charge is -2.41. The van der Waals surface area contributed by atoms with Crippen LogP contribution < -0.4 is 0 Å². The fourth-order valence-electron chi connectivity index (χ4n) is 3.06. The van der Waals surface area contributed by atoms with E-state index >= 15 is 0 Å². The van der Waals surface area contributed by atoms with Gasteiger partial charge in [-0.3, -0.25) is 0 Å². The van der Waals surface area contributed by atoms with E-state index in [0.717, 1.165) is 19.3 Å². The largest absolute Gasteiger partial charge is 0.392 e. The van der Waals surface area contributed by atoms with E-state index in [1.54, 1.807) is 0 Å². The lowest BCUT2D eigenvalue weighted by molar-refractivity contribution is 0.0720. The van der Waals surface area contributed by atoms with Gasteiger partial charge in [0.15, 0.2) is 0 Å². The van der Waals surface area contributed by atoms with Crippen molar-refractivity contribution in [2.24, 2.45) is 11.3 Å². The summed E-state index contributed by atoms with van der Waals surface area (Å²) in [5.41, 5.74) is 3.81. The lowest BCUT2D eigenvalue weighted by Crippen LogP contribution is -2.36. The van der Waals surface area contributed by atoms with Crippen LogP contribution in [0.2, 0.25) is 0 Å². The summed E-state index contributed by atoms with van der Waals surface area (Å²) in [4.78, 5) is 0. The lowest BCUT2D eigenvalue weighted by atomic mass is 9.66. The molecule has 18 heavy (non-hydrogen) atoms. The Kier molecular flexibility index (Phi) is 3.79. The van der Waals surface area contributed by atoms with Crippen LogP contribution in [-0.2, 0) is 0 Å². The molecule has 0 heterocycles. The SMILES string of the molecule is CC(=CCO)C1C=C2C(=CCC(O)C2(C)C)CC1. The minimum absolute atomic E-state index is 0.111. The molecule has 0 saturated heterocycles. The molecule has 0 aromatic carbocycles. The van der Waals surface area contributed by atoms with Crippen molar-refractivity contribution in [1.29, 1.82) is 0 Å². The van der Waals surface area contributed by atoms with E-state index in [9.17, 15) is 5.11 Å². The summed E-state index contributed by atoms with van der Waals surface area (Å²) in [6.07, 6.45) is 9.08. The molecule has 2 aliphatic rings. The van der Waals surface area contributed by atoms with E-state index in [2.05, 4.69) is 32.9 Å². The zero-order valence-corrected chi connectivity index (χ0v) is 11.6. The van der Waals surface area contributed by atoms with Crippen molar-refractivity contribution in [3.05, 3.63) is 34.9 Å². The van der Waals surface area contributed by atoms with Crippen LogP contribution in [0.25, 0.3) is 0 Å². The van der Waals surface area contributed by atoms with E-state index < -0.39 is 0 Å². The van der Waals surface area contributed by atoms with Gasteiger partial charge in [-0.2, -0.15) is 0 Å². The molecule has 2 unspecified atom stereocenters. The first-order valence-corrected chi connectivity index (χ1v) is 6.84. The highest BCUT2D eigenvalue weighted by Crippen LogP contribution is 2.46. The molecule has 0 aromatic rings. The van der Waals surface area contributed by atoms with Gasteiger partial charge in [-0.15, -0.1) is 0 Å². The molecule has 0 amide bonds. The van der Waals surface area contributed by atoms with Gasteiger partial charge in [0.25, 0.3) is 0 Å². The maximum absolute atomic E-state index is 10.2. The van der Waals surface area contributed by atoms with Gasteiger partial charge in [-0.25, -0.2) is 0 Å². The third-order valence-electron chi connectivity index (χ3n) is 4.55. The quantitative estimate of drug-likeness (QED) is 0.738. The van der Waals surface area contributed by atoms with Gasteiger partial charge in [0, 0.05) is 5.41 Å². The zero-order valence-electron chi connectivity index (χ0n) is 11.6. The molecule has 2 atom stereocenters. The summed E-state index contributed by atoms with van der Waals surface area (Å²) in [6.45, 7) is 6.45. The van der Waals surface area contributed by atoms with E-state index in [1.165, 1.54) is 16.7 Å². The van der Waals surface area contributed by atoms with Crippen molar-refractivity contribution in [2.45, 2.75) is 46.1 Å². The Morgan fingerprint density at radius 1 is 1.50 bits per heavy atom. The van der Waals surface area contributed by atoms with Gasteiger partial charge >= 0.3 is 0 Å². The molecule has 0 radical (unpaired) electrons. The van der Waals surface area contributed by atoms with Crippen molar-refractivity contribution in [3.63, 3.8) is 0 Å². The maximum Gasteiger partial charge on any atom is 0.0666 e. The summed E-state index contributed by atoms with van der Waals surface area (Å²) in [5.74, 6) is 0.411. The number of aliphatic hydroxyl groups excluding tert-OH is 2.